The number of nitrogens with one attached hydrogen (secondary N) is 2. The predicted molar refractivity (Wildman–Crippen MR) is 75.9 cm³/mol. The molecule has 1 saturated heterocycles. The molecule has 0 bridgehead atoms. The van der Waals surface area contributed by atoms with E-state index in [1.807, 2.05) is 0 Å². The van der Waals surface area contributed by atoms with Crippen molar-refractivity contribution in [2.24, 2.45) is 5.92 Å². The summed E-state index contributed by atoms with van der Waals surface area (Å²) in [5.74, 6) is -0.257. The van der Waals surface area contributed by atoms with Crippen molar-refractivity contribution in [3.63, 3.8) is 0 Å². The summed E-state index contributed by atoms with van der Waals surface area (Å²) in [6, 6.07) is 0. The van der Waals surface area contributed by atoms with Crippen LogP contribution in [0.25, 0.3) is 0 Å². The van der Waals surface area contributed by atoms with Crippen LogP contribution >= 0.6 is 0 Å². The zero-order valence-corrected chi connectivity index (χ0v) is 12.7. The fraction of sp³-hybridized carbons (Fsp3) is 0.857. The van der Waals surface area contributed by atoms with Crippen LogP contribution in [-0.4, -0.2) is 73.2 Å². The number of aliphatic hydroxyl groups excluding tert-OH is 2. The molecule has 1 saturated carbocycles. The van der Waals surface area contributed by atoms with Gasteiger partial charge in [-0.1, -0.05) is 0 Å². The van der Waals surface area contributed by atoms with Gasteiger partial charge in [-0.15, -0.1) is 0 Å². The van der Waals surface area contributed by atoms with Gasteiger partial charge in [0.15, 0.2) is 0 Å². The first kappa shape index (κ1) is 17.1. The highest BCUT2D eigenvalue weighted by atomic mass is 16.5. The Hall–Kier alpha value is -1.22. The summed E-state index contributed by atoms with van der Waals surface area (Å²) in [4.78, 5) is 23.3. The molecule has 22 heavy (non-hydrogen) atoms. The number of aliphatic hydroxyl groups is 2. The van der Waals surface area contributed by atoms with Crippen molar-refractivity contribution in [2.45, 2.75) is 43.7 Å². The maximum Gasteiger partial charge on any atom is 0.223 e. The fourth-order valence-corrected chi connectivity index (χ4v) is 2.40. The zero-order valence-electron chi connectivity index (χ0n) is 12.7. The van der Waals surface area contributed by atoms with Gasteiger partial charge in [-0.25, -0.2) is 0 Å². The molecule has 0 aromatic carbocycles. The van der Waals surface area contributed by atoms with Crippen molar-refractivity contribution in [2.75, 3.05) is 26.8 Å². The summed E-state index contributed by atoms with van der Waals surface area (Å²) in [7, 11) is 1.53. The first-order valence-electron chi connectivity index (χ1n) is 7.58. The minimum Gasteiger partial charge on any atom is -0.388 e. The Balaban J connectivity index is 1.73. The second kappa shape index (κ2) is 7.87. The van der Waals surface area contributed by atoms with Gasteiger partial charge in [0.25, 0.3) is 0 Å². The van der Waals surface area contributed by atoms with Gasteiger partial charge in [-0.3, -0.25) is 9.59 Å². The second-order valence-electron chi connectivity index (χ2n) is 5.76. The lowest BCUT2D eigenvalue weighted by Crippen LogP contribution is -2.40. The average Bonchev–Trinajstić information content (AvgIpc) is 3.30. The predicted octanol–water partition coefficient (Wildman–Crippen LogP) is -1.85. The van der Waals surface area contributed by atoms with E-state index < -0.39 is 24.4 Å². The number of carbonyl (C=O) groups is 2. The standard InChI is InChI=1S/C14H24N2O6/c1-21-5-4-15-11(17)6-9-12(18)13(19)10(22-9)7-16-14(20)8-2-3-8/h8-10,12-13,18-19H,2-7H2,1H3,(H,15,17)(H,16,20). The van der Waals surface area contributed by atoms with Gasteiger partial charge in [0.1, 0.15) is 18.3 Å². The monoisotopic (exact) mass is 316 g/mol. The first-order valence-corrected chi connectivity index (χ1v) is 7.58. The summed E-state index contributed by atoms with van der Waals surface area (Å²) in [6.07, 6.45) is -1.99. The SMILES string of the molecule is COCCNC(=O)CC1OC(CNC(=O)C2CC2)C(O)C1O. The molecule has 2 aliphatic rings. The van der Waals surface area contributed by atoms with Crippen LogP contribution in [0.5, 0.6) is 0 Å². The van der Waals surface area contributed by atoms with E-state index in [2.05, 4.69) is 10.6 Å². The van der Waals surface area contributed by atoms with Gasteiger partial charge in [0, 0.05) is 26.1 Å². The molecule has 0 aromatic rings. The molecular formula is C14H24N2O6. The van der Waals surface area contributed by atoms with Crippen LogP contribution in [0, 0.1) is 5.92 Å². The maximum atomic E-state index is 11.7. The van der Waals surface area contributed by atoms with Gasteiger partial charge in [-0.05, 0) is 12.8 Å². The van der Waals surface area contributed by atoms with Crippen molar-refractivity contribution in [3.8, 4) is 0 Å². The van der Waals surface area contributed by atoms with Crippen molar-refractivity contribution >= 4 is 11.8 Å². The van der Waals surface area contributed by atoms with Gasteiger partial charge in [0.2, 0.25) is 11.8 Å². The van der Waals surface area contributed by atoms with Crippen molar-refractivity contribution in [3.05, 3.63) is 0 Å². The molecule has 4 N–H and O–H groups in total. The summed E-state index contributed by atoms with van der Waals surface area (Å²) >= 11 is 0. The lowest BCUT2D eigenvalue weighted by Gasteiger charge is -2.15. The van der Waals surface area contributed by atoms with E-state index in [1.54, 1.807) is 0 Å². The van der Waals surface area contributed by atoms with Crippen molar-refractivity contribution in [1.29, 1.82) is 0 Å². The molecule has 1 heterocycles. The summed E-state index contributed by atoms with van der Waals surface area (Å²) in [5, 5.41) is 25.2. The molecule has 4 unspecified atom stereocenters. The molecule has 126 valence electrons. The third-order valence-corrected chi connectivity index (χ3v) is 3.90. The first-order chi connectivity index (χ1) is 10.5. The molecule has 8 nitrogen and oxygen atoms in total. The molecule has 2 fully saturated rings. The molecule has 2 rings (SSSR count). The quantitative estimate of drug-likeness (QED) is 0.391. The number of hydrogen-bond acceptors (Lipinski definition) is 6. The number of rotatable bonds is 8. The van der Waals surface area contributed by atoms with Crippen LogP contribution in [0.1, 0.15) is 19.3 Å². The molecule has 1 aliphatic carbocycles. The number of carbonyl (C=O) groups excluding carboxylic acids is 2. The Morgan fingerprint density at radius 1 is 1.18 bits per heavy atom. The largest absolute Gasteiger partial charge is 0.388 e. The summed E-state index contributed by atoms with van der Waals surface area (Å²) < 4.78 is 10.3. The van der Waals surface area contributed by atoms with Gasteiger partial charge in [-0.2, -0.15) is 0 Å². The van der Waals surface area contributed by atoms with E-state index in [4.69, 9.17) is 9.47 Å². The molecule has 2 amide bonds. The topological polar surface area (TPSA) is 117 Å². The zero-order chi connectivity index (χ0) is 16.1. The van der Waals surface area contributed by atoms with Crippen LogP contribution in [0.15, 0.2) is 0 Å². The van der Waals surface area contributed by atoms with E-state index in [9.17, 15) is 19.8 Å². The third kappa shape index (κ3) is 4.64. The smallest absolute Gasteiger partial charge is 0.223 e. The number of hydrogen-bond donors (Lipinski definition) is 4. The molecule has 1 aliphatic heterocycles. The highest BCUT2D eigenvalue weighted by Gasteiger charge is 2.43. The average molecular weight is 316 g/mol. The minimum atomic E-state index is -1.14. The lowest BCUT2D eigenvalue weighted by atomic mass is 10.1. The molecule has 0 radical (unpaired) electrons. The Morgan fingerprint density at radius 2 is 1.86 bits per heavy atom. The van der Waals surface area contributed by atoms with Crippen LogP contribution in [-0.2, 0) is 19.1 Å². The van der Waals surface area contributed by atoms with E-state index in [0.717, 1.165) is 12.8 Å². The minimum absolute atomic E-state index is 0.0466. The number of methoxy groups -OCH3 is 1. The van der Waals surface area contributed by atoms with Crippen LogP contribution in [0.4, 0.5) is 0 Å². The van der Waals surface area contributed by atoms with E-state index in [1.165, 1.54) is 7.11 Å². The molecule has 8 heteroatoms. The molecule has 0 spiro atoms. The van der Waals surface area contributed by atoms with Crippen molar-refractivity contribution < 1.29 is 29.3 Å². The van der Waals surface area contributed by atoms with Crippen LogP contribution in [0.3, 0.4) is 0 Å². The Labute approximate surface area is 129 Å². The summed E-state index contributed by atoms with van der Waals surface area (Å²) in [6.45, 7) is 0.912. The highest BCUT2D eigenvalue weighted by molar-refractivity contribution is 5.80. The maximum absolute atomic E-state index is 11.7. The normalized spacial score (nSPS) is 31.0. The molecular weight excluding hydrogens is 292 g/mol. The lowest BCUT2D eigenvalue weighted by molar-refractivity contribution is -0.126. The second-order valence-corrected chi connectivity index (χ2v) is 5.76. The van der Waals surface area contributed by atoms with Crippen LogP contribution < -0.4 is 10.6 Å². The van der Waals surface area contributed by atoms with E-state index >= 15 is 0 Å². The van der Waals surface area contributed by atoms with Gasteiger partial charge >= 0.3 is 0 Å². The van der Waals surface area contributed by atoms with E-state index in [0.29, 0.717) is 13.2 Å². The Kier molecular flexibility index (Phi) is 6.13. The van der Waals surface area contributed by atoms with Crippen LogP contribution in [0.2, 0.25) is 0 Å². The fourth-order valence-electron chi connectivity index (χ4n) is 2.40. The van der Waals surface area contributed by atoms with E-state index in [-0.39, 0.29) is 30.7 Å². The van der Waals surface area contributed by atoms with Gasteiger partial charge < -0.3 is 30.3 Å². The summed E-state index contributed by atoms with van der Waals surface area (Å²) in [5.41, 5.74) is 0. The highest BCUT2D eigenvalue weighted by Crippen LogP contribution is 2.29. The number of ether oxygens (including phenoxy) is 2. The molecule has 0 aromatic heterocycles. The third-order valence-electron chi connectivity index (χ3n) is 3.90. The Morgan fingerprint density at radius 3 is 2.50 bits per heavy atom. The Bertz CT molecular complexity index is 401. The number of amides is 2. The van der Waals surface area contributed by atoms with Crippen molar-refractivity contribution in [1.82, 2.24) is 10.6 Å². The van der Waals surface area contributed by atoms with Gasteiger partial charge in [0.05, 0.1) is 19.1 Å². The molecule has 4 atom stereocenters.